The summed E-state index contributed by atoms with van der Waals surface area (Å²) >= 11 is 3.13. The van der Waals surface area contributed by atoms with Crippen molar-refractivity contribution in [1.29, 1.82) is 5.26 Å². The van der Waals surface area contributed by atoms with Crippen molar-refractivity contribution in [2.24, 2.45) is 0 Å². The molecule has 0 aromatic carbocycles. The molecule has 4 nitrogen and oxygen atoms in total. The third-order valence-corrected chi connectivity index (χ3v) is 1.63. The number of rotatable bonds is 1. The van der Waals surface area contributed by atoms with E-state index in [0.29, 0.717) is 10.2 Å². The highest BCUT2D eigenvalue weighted by Gasteiger charge is 2.03. The predicted octanol–water partition coefficient (Wildman–Crippen LogP) is 1.05. The Labute approximate surface area is 77.4 Å². The molecule has 0 bridgehead atoms. The van der Waals surface area contributed by atoms with E-state index in [1.165, 1.54) is 6.20 Å². The second kappa shape index (κ2) is 3.83. The van der Waals surface area contributed by atoms with E-state index in [4.69, 9.17) is 5.26 Å². The zero-order valence-electron chi connectivity index (χ0n) is 5.91. The number of pyridine rings is 1. The topological polar surface area (TPSA) is 65.8 Å². The molecule has 0 radical (unpaired) electrons. The van der Waals surface area contributed by atoms with Gasteiger partial charge in [0.2, 0.25) is 0 Å². The number of nitrogens with one attached hydrogen (secondary N) is 1. The molecule has 1 rings (SSSR count). The van der Waals surface area contributed by atoms with Gasteiger partial charge in [-0.3, -0.25) is 10.1 Å². The fourth-order valence-electron chi connectivity index (χ4n) is 0.633. The summed E-state index contributed by atoms with van der Waals surface area (Å²) in [6.45, 7) is 0. The van der Waals surface area contributed by atoms with Crippen LogP contribution in [0.1, 0.15) is 10.4 Å². The van der Waals surface area contributed by atoms with E-state index in [0.717, 1.165) is 0 Å². The van der Waals surface area contributed by atoms with Gasteiger partial charge in [0.25, 0.3) is 5.91 Å². The van der Waals surface area contributed by atoms with Crippen LogP contribution in [0.25, 0.3) is 0 Å². The van der Waals surface area contributed by atoms with E-state index in [9.17, 15) is 4.79 Å². The van der Waals surface area contributed by atoms with Crippen molar-refractivity contribution in [3.05, 3.63) is 28.5 Å². The number of hydrogen-bond donors (Lipinski definition) is 1. The highest BCUT2D eigenvalue weighted by atomic mass is 79.9. The normalized spacial score (nSPS) is 8.67. The summed E-state index contributed by atoms with van der Waals surface area (Å²) in [7, 11) is 0. The summed E-state index contributed by atoms with van der Waals surface area (Å²) in [4.78, 5) is 14.8. The Morgan fingerprint density at radius 1 is 1.67 bits per heavy atom. The molecule has 0 aliphatic carbocycles. The van der Waals surface area contributed by atoms with Crippen LogP contribution < -0.4 is 5.32 Å². The van der Waals surface area contributed by atoms with Crippen molar-refractivity contribution < 1.29 is 4.79 Å². The summed E-state index contributed by atoms with van der Waals surface area (Å²) in [6, 6.07) is 3.20. The van der Waals surface area contributed by atoms with Gasteiger partial charge in [-0.15, -0.1) is 0 Å². The number of nitriles is 1. The lowest BCUT2D eigenvalue weighted by Gasteiger charge is -1.95. The van der Waals surface area contributed by atoms with E-state index in [2.05, 4.69) is 20.9 Å². The minimum atomic E-state index is -0.447. The lowest BCUT2D eigenvalue weighted by molar-refractivity contribution is 0.0972. The molecule has 12 heavy (non-hydrogen) atoms. The van der Waals surface area contributed by atoms with Gasteiger partial charge in [-0.1, -0.05) is 0 Å². The average Bonchev–Trinajstić information content (AvgIpc) is 2.06. The number of hydrogen-bond acceptors (Lipinski definition) is 3. The Balaban J connectivity index is 2.84. The Hall–Kier alpha value is -1.41. The number of amides is 1. The fourth-order valence-corrected chi connectivity index (χ4v) is 0.868. The van der Waals surface area contributed by atoms with Crippen molar-refractivity contribution in [2.75, 3.05) is 0 Å². The number of halogens is 1. The van der Waals surface area contributed by atoms with Crippen molar-refractivity contribution >= 4 is 21.8 Å². The maximum atomic E-state index is 11.0. The van der Waals surface area contributed by atoms with Crippen molar-refractivity contribution in [3.63, 3.8) is 0 Å². The first-order valence-electron chi connectivity index (χ1n) is 3.05. The summed E-state index contributed by atoms with van der Waals surface area (Å²) in [5.74, 6) is -0.447. The van der Waals surface area contributed by atoms with Crippen molar-refractivity contribution in [1.82, 2.24) is 10.3 Å². The molecule has 1 aromatic heterocycles. The van der Waals surface area contributed by atoms with Crippen LogP contribution >= 0.6 is 15.9 Å². The second-order valence-corrected chi connectivity index (χ2v) is 2.75. The zero-order chi connectivity index (χ0) is 8.97. The first-order valence-corrected chi connectivity index (χ1v) is 3.84. The molecule has 1 aromatic rings. The standard InChI is InChI=1S/C7H4BrN3O/c8-6-2-1-5(3-10-6)7(12)11-4-9/h1-3H,(H,11,12). The first-order chi connectivity index (χ1) is 5.74. The minimum Gasteiger partial charge on any atom is -0.268 e. The molecule has 1 N–H and O–H groups in total. The molecule has 60 valence electrons. The number of nitrogens with zero attached hydrogens (tertiary/aromatic N) is 2. The molecule has 5 heteroatoms. The highest BCUT2D eigenvalue weighted by Crippen LogP contribution is 2.05. The van der Waals surface area contributed by atoms with Gasteiger partial charge in [-0.05, 0) is 28.1 Å². The van der Waals surface area contributed by atoms with E-state index in [1.54, 1.807) is 18.3 Å². The smallest absolute Gasteiger partial charge is 0.265 e. The van der Waals surface area contributed by atoms with Crippen LogP contribution in [-0.4, -0.2) is 10.9 Å². The molecule has 0 saturated heterocycles. The molecular formula is C7H4BrN3O. The van der Waals surface area contributed by atoms with Gasteiger partial charge >= 0.3 is 0 Å². The molecule has 0 atom stereocenters. The van der Waals surface area contributed by atoms with Gasteiger partial charge in [0.15, 0.2) is 6.19 Å². The molecule has 0 aliphatic heterocycles. The lowest BCUT2D eigenvalue weighted by Crippen LogP contribution is -2.17. The van der Waals surface area contributed by atoms with Crippen LogP contribution in [0.15, 0.2) is 22.9 Å². The van der Waals surface area contributed by atoms with Gasteiger partial charge in [0.1, 0.15) is 4.60 Å². The highest BCUT2D eigenvalue weighted by molar-refractivity contribution is 9.10. The van der Waals surface area contributed by atoms with Gasteiger partial charge in [-0.25, -0.2) is 4.98 Å². The molecule has 0 fully saturated rings. The predicted molar refractivity (Wildman–Crippen MR) is 45.0 cm³/mol. The maximum absolute atomic E-state index is 11.0. The van der Waals surface area contributed by atoms with Gasteiger partial charge in [0.05, 0.1) is 5.56 Å². The molecule has 0 saturated carbocycles. The molecule has 0 spiro atoms. The summed E-state index contributed by atoms with van der Waals surface area (Å²) in [6.07, 6.45) is 2.93. The monoisotopic (exact) mass is 225 g/mol. The molecule has 1 amide bonds. The second-order valence-electron chi connectivity index (χ2n) is 1.94. The van der Waals surface area contributed by atoms with Crippen LogP contribution in [0.3, 0.4) is 0 Å². The Bertz CT molecular complexity index is 327. The number of aromatic nitrogens is 1. The van der Waals surface area contributed by atoms with Crippen LogP contribution in [0.4, 0.5) is 0 Å². The summed E-state index contributed by atoms with van der Waals surface area (Å²) < 4.78 is 0.649. The van der Waals surface area contributed by atoms with Crippen molar-refractivity contribution in [2.45, 2.75) is 0 Å². The zero-order valence-corrected chi connectivity index (χ0v) is 7.50. The Morgan fingerprint density at radius 2 is 2.42 bits per heavy atom. The van der Waals surface area contributed by atoms with Gasteiger partial charge in [-0.2, -0.15) is 5.26 Å². The molecule has 0 aliphatic rings. The summed E-state index contributed by atoms with van der Waals surface area (Å²) in [5.41, 5.74) is 0.361. The van der Waals surface area contributed by atoms with E-state index in [1.807, 2.05) is 5.32 Å². The third-order valence-electron chi connectivity index (χ3n) is 1.16. The number of carbonyl (C=O) groups is 1. The number of carbonyl (C=O) groups excluding carboxylic acids is 1. The maximum Gasteiger partial charge on any atom is 0.265 e. The quantitative estimate of drug-likeness (QED) is 0.442. The minimum absolute atomic E-state index is 0.361. The molecule has 1 heterocycles. The van der Waals surface area contributed by atoms with Crippen LogP contribution in [0, 0.1) is 11.5 Å². The molecule has 0 unspecified atom stereocenters. The van der Waals surface area contributed by atoms with Crippen LogP contribution in [0.5, 0.6) is 0 Å². The largest absolute Gasteiger partial charge is 0.268 e. The van der Waals surface area contributed by atoms with Crippen LogP contribution in [-0.2, 0) is 0 Å². The van der Waals surface area contributed by atoms with Gasteiger partial charge < -0.3 is 0 Å². The SMILES string of the molecule is N#CNC(=O)c1ccc(Br)nc1. The average molecular weight is 226 g/mol. The van der Waals surface area contributed by atoms with Crippen molar-refractivity contribution in [3.8, 4) is 6.19 Å². The molecular weight excluding hydrogens is 222 g/mol. The summed E-state index contributed by atoms with van der Waals surface area (Å²) in [5, 5.41) is 10.1. The van der Waals surface area contributed by atoms with E-state index in [-0.39, 0.29) is 0 Å². The van der Waals surface area contributed by atoms with Crippen LogP contribution in [0.2, 0.25) is 0 Å². The fraction of sp³-hybridized carbons (Fsp3) is 0. The lowest BCUT2D eigenvalue weighted by atomic mass is 10.3. The van der Waals surface area contributed by atoms with E-state index >= 15 is 0 Å². The third kappa shape index (κ3) is 2.04. The van der Waals surface area contributed by atoms with Gasteiger partial charge in [0, 0.05) is 6.20 Å². The first kappa shape index (κ1) is 8.68. The Morgan fingerprint density at radius 3 is 2.92 bits per heavy atom. The Kier molecular flexibility index (Phi) is 2.77. The van der Waals surface area contributed by atoms with E-state index < -0.39 is 5.91 Å².